The highest BCUT2D eigenvalue weighted by atomic mass is 16.5. The molecular formula is C10H16N2O2. The second kappa shape index (κ2) is 3.97. The summed E-state index contributed by atoms with van der Waals surface area (Å²) in [5.41, 5.74) is -0.315. The molecule has 0 aromatic carbocycles. The molecule has 0 spiro atoms. The van der Waals surface area contributed by atoms with E-state index in [0.717, 1.165) is 6.42 Å². The molecule has 1 fully saturated rings. The van der Waals surface area contributed by atoms with Crippen LogP contribution in [-0.4, -0.2) is 24.2 Å². The maximum absolute atomic E-state index is 11.4. The third-order valence-corrected chi connectivity index (χ3v) is 2.62. The zero-order valence-electron chi connectivity index (χ0n) is 8.83. The number of ether oxygens (including phenoxy) is 1. The first-order valence-corrected chi connectivity index (χ1v) is 4.81. The fourth-order valence-electron chi connectivity index (χ4n) is 1.49. The fraction of sp³-hybridized carbons (Fsp3) is 0.800. The minimum atomic E-state index is -0.591. The number of hydrogen-bond donors (Lipinski definition) is 1. The molecule has 0 saturated carbocycles. The second-order valence-electron chi connectivity index (χ2n) is 4.15. The third kappa shape index (κ3) is 2.24. The first-order valence-electron chi connectivity index (χ1n) is 4.81. The number of amides is 1. The van der Waals surface area contributed by atoms with Gasteiger partial charge in [-0.15, -0.1) is 0 Å². The van der Waals surface area contributed by atoms with Gasteiger partial charge in [-0.05, 0) is 27.2 Å². The topological polar surface area (TPSA) is 62.1 Å². The molecule has 14 heavy (non-hydrogen) atoms. The van der Waals surface area contributed by atoms with Gasteiger partial charge < -0.3 is 10.1 Å². The first kappa shape index (κ1) is 11.0. The van der Waals surface area contributed by atoms with Gasteiger partial charge in [0.05, 0.1) is 17.7 Å². The maximum Gasteiger partial charge on any atom is 0.237 e. The predicted octanol–water partition coefficient (Wildman–Crippen LogP) is 0.830. The van der Waals surface area contributed by atoms with E-state index in [2.05, 4.69) is 5.32 Å². The van der Waals surface area contributed by atoms with Crippen molar-refractivity contribution in [2.45, 2.75) is 38.8 Å². The molecule has 2 atom stereocenters. The van der Waals surface area contributed by atoms with Crippen LogP contribution in [0.2, 0.25) is 0 Å². The van der Waals surface area contributed by atoms with Crippen molar-refractivity contribution in [1.82, 2.24) is 5.32 Å². The van der Waals surface area contributed by atoms with Crippen LogP contribution >= 0.6 is 0 Å². The molecule has 1 N–H and O–H groups in total. The van der Waals surface area contributed by atoms with E-state index in [0.29, 0.717) is 6.61 Å². The van der Waals surface area contributed by atoms with Crippen LogP contribution in [0.15, 0.2) is 0 Å². The van der Waals surface area contributed by atoms with E-state index in [1.807, 2.05) is 19.9 Å². The van der Waals surface area contributed by atoms with Crippen molar-refractivity contribution < 1.29 is 9.53 Å². The molecule has 0 aliphatic carbocycles. The van der Waals surface area contributed by atoms with Gasteiger partial charge in [-0.1, -0.05) is 0 Å². The number of carbonyl (C=O) groups excluding carboxylic acids is 1. The van der Waals surface area contributed by atoms with Crippen LogP contribution < -0.4 is 5.32 Å². The van der Waals surface area contributed by atoms with Crippen LogP contribution in [0.4, 0.5) is 0 Å². The van der Waals surface area contributed by atoms with Gasteiger partial charge in [-0.2, -0.15) is 5.26 Å². The van der Waals surface area contributed by atoms with E-state index < -0.39 is 5.92 Å². The molecule has 1 heterocycles. The van der Waals surface area contributed by atoms with Gasteiger partial charge in [0.15, 0.2) is 0 Å². The van der Waals surface area contributed by atoms with Crippen molar-refractivity contribution in [3.63, 3.8) is 0 Å². The fourth-order valence-corrected chi connectivity index (χ4v) is 1.49. The van der Waals surface area contributed by atoms with Crippen molar-refractivity contribution in [2.24, 2.45) is 5.92 Å². The molecule has 4 nitrogen and oxygen atoms in total. The van der Waals surface area contributed by atoms with Crippen molar-refractivity contribution in [1.29, 1.82) is 5.26 Å². The van der Waals surface area contributed by atoms with E-state index in [-0.39, 0.29) is 17.6 Å². The Kier molecular flexibility index (Phi) is 3.12. The lowest BCUT2D eigenvalue weighted by molar-refractivity contribution is -0.124. The first-order chi connectivity index (χ1) is 6.47. The summed E-state index contributed by atoms with van der Waals surface area (Å²) < 4.78 is 5.47. The Hall–Kier alpha value is -1.08. The van der Waals surface area contributed by atoms with Crippen molar-refractivity contribution in [3.8, 4) is 6.07 Å². The average molecular weight is 196 g/mol. The van der Waals surface area contributed by atoms with Gasteiger partial charge >= 0.3 is 0 Å². The molecule has 1 aliphatic rings. The number of rotatable bonds is 2. The van der Waals surface area contributed by atoms with Crippen LogP contribution in [0.5, 0.6) is 0 Å². The number of nitrogens with zero attached hydrogens (tertiary/aromatic N) is 1. The minimum Gasteiger partial charge on any atom is -0.373 e. The smallest absolute Gasteiger partial charge is 0.237 e. The van der Waals surface area contributed by atoms with Crippen LogP contribution in [0.25, 0.3) is 0 Å². The molecule has 1 rings (SSSR count). The lowest BCUT2D eigenvalue weighted by atomic mass is 9.98. The zero-order valence-corrected chi connectivity index (χ0v) is 8.83. The lowest BCUT2D eigenvalue weighted by Crippen LogP contribution is -2.47. The summed E-state index contributed by atoms with van der Waals surface area (Å²) in [6, 6.07) is 1.93. The van der Waals surface area contributed by atoms with E-state index >= 15 is 0 Å². The Morgan fingerprint density at radius 2 is 2.36 bits per heavy atom. The van der Waals surface area contributed by atoms with Gasteiger partial charge in [0, 0.05) is 6.61 Å². The SMILES string of the molecule is CC(C#N)C(=O)NC1CCOC1(C)C. The molecule has 2 unspecified atom stereocenters. The number of hydrogen-bond acceptors (Lipinski definition) is 3. The highest BCUT2D eigenvalue weighted by Crippen LogP contribution is 2.24. The zero-order chi connectivity index (χ0) is 10.8. The van der Waals surface area contributed by atoms with Gasteiger partial charge in [0.1, 0.15) is 5.92 Å². The highest BCUT2D eigenvalue weighted by molar-refractivity contribution is 5.81. The Morgan fingerprint density at radius 1 is 1.71 bits per heavy atom. The Bertz CT molecular complexity index is 268. The van der Waals surface area contributed by atoms with Gasteiger partial charge in [0.2, 0.25) is 5.91 Å². The number of nitrogens with one attached hydrogen (secondary N) is 1. The van der Waals surface area contributed by atoms with Gasteiger partial charge in [-0.25, -0.2) is 0 Å². The molecule has 4 heteroatoms. The van der Waals surface area contributed by atoms with Gasteiger partial charge in [-0.3, -0.25) is 4.79 Å². The molecule has 0 aromatic heterocycles. The molecule has 0 radical (unpaired) electrons. The minimum absolute atomic E-state index is 0.0193. The number of nitriles is 1. The summed E-state index contributed by atoms with van der Waals surface area (Å²) in [5, 5.41) is 11.4. The molecule has 1 amide bonds. The highest BCUT2D eigenvalue weighted by Gasteiger charge is 2.37. The van der Waals surface area contributed by atoms with Crippen molar-refractivity contribution in [2.75, 3.05) is 6.61 Å². The average Bonchev–Trinajstić information content (AvgIpc) is 2.44. The van der Waals surface area contributed by atoms with Crippen molar-refractivity contribution >= 4 is 5.91 Å². The van der Waals surface area contributed by atoms with E-state index in [9.17, 15) is 4.79 Å². The summed E-state index contributed by atoms with van der Waals surface area (Å²) >= 11 is 0. The van der Waals surface area contributed by atoms with E-state index in [1.165, 1.54) is 0 Å². The van der Waals surface area contributed by atoms with Crippen LogP contribution in [0.3, 0.4) is 0 Å². The monoisotopic (exact) mass is 196 g/mol. The summed E-state index contributed by atoms with van der Waals surface area (Å²) in [7, 11) is 0. The Morgan fingerprint density at radius 3 is 2.79 bits per heavy atom. The molecule has 1 aliphatic heterocycles. The summed E-state index contributed by atoms with van der Waals surface area (Å²) in [4.78, 5) is 11.4. The quantitative estimate of drug-likeness (QED) is 0.711. The molecular weight excluding hydrogens is 180 g/mol. The molecule has 78 valence electrons. The van der Waals surface area contributed by atoms with Crippen molar-refractivity contribution in [3.05, 3.63) is 0 Å². The van der Waals surface area contributed by atoms with E-state index in [1.54, 1.807) is 6.92 Å². The van der Waals surface area contributed by atoms with Crippen LogP contribution in [-0.2, 0) is 9.53 Å². The summed E-state index contributed by atoms with van der Waals surface area (Å²) in [6.45, 7) is 6.15. The summed E-state index contributed by atoms with van der Waals surface area (Å²) in [5.74, 6) is -0.803. The maximum atomic E-state index is 11.4. The molecule has 0 bridgehead atoms. The van der Waals surface area contributed by atoms with E-state index in [4.69, 9.17) is 10.00 Å². The molecule has 0 aromatic rings. The molecule has 1 saturated heterocycles. The largest absolute Gasteiger partial charge is 0.373 e. The van der Waals surface area contributed by atoms with Crippen LogP contribution in [0, 0.1) is 17.2 Å². The van der Waals surface area contributed by atoms with Gasteiger partial charge in [0.25, 0.3) is 0 Å². The lowest BCUT2D eigenvalue weighted by Gasteiger charge is -2.26. The number of carbonyl (C=O) groups is 1. The second-order valence-corrected chi connectivity index (χ2v) is 4.15. The van der Waals surface area contributed by atoms with Crippen LogP contribution in [0.1, 0.15) is 27.2 Å². The Balaban J connectivity index is 2.53. The predicted molar refractivity (Wildman–Crippen MR) is 51.4 cm³/mol. The normalized spacial score (nSPS) is 26.6. The standard InChI is InChI=1S/C10H16N2O2/c1-7(6-11)9(13)12-8-4-5-14-10(8,2)3/h7-8H,4-5H2,1-3H3,(H,12,13). The third-order valence-electron chi connectivity index (χ3n) is 2.62. The Labute approximate surface area is 84.2 Å². The summed E-state index contributed by atoms with van der Waals surface area (Å²) in [6.07, 6.45) is 0.816.